The molecule has 1 atom stereocenters. The van der Waals surface area contributed by atoms with Crippen molar-refractivity contribution in [1.29, 1.82) is 0 Å². The molecule has 2 heterocycles. The van der Waals surface area contributed by atoms with E-state index in [-0.39, 0.29) is 30.0 Å². The Kier molecular flexibility index (Phi) is 10.2. The van der Waals surface area contributed by atoms with Crippen molar-refractivity contribution in [3.05, 3.63) is 54.5 Å². The van der Waals surface area contributed by atoms with Crippen LogP contribution in [0.3, 0.4) is 0 Å². The second kappa shape index (κ2) is 12.7. The first-order valence-electron chi connectivity index (χ1n) is 9.76. The van der Waals surface area contributed by atoms with Gasteiger partial charge in [-0.1, -0.05) is 18.2 Å². The van der Waals surface area contributed by atoms with Crippen LogP contribution in [0.25, 0.3) is 0 Å². The Morgan fingerprint density at radius 3 is 2.61 bits per heavy atom. The molecule has 2 N–H and O–H groups in total. The maximum Gasteiger partial charge on any atom is 0.191 e. The van der Waals surface area contributed by atoms with E-state index in [0.717, 1.165) is 50.1 Å². The van der Waals surface area contributed by atoms with E-state index in [1.165, 1.54) is 12.8 Å². The van der Waals surface area contributed by atoms with Crippen LogP contribution >= 0.6 is 24.0 Å². The number of nitrogens with zero attached hydrogens (tertiary/aromatic N) is 2. The normalized spacial score (nSPS) is 15.7. The molecule has 154 valence electrons. The Morgan fingerprint density at radius 1 is 1.14 bits per heavy atom. The van der Waals surface area contributed by atoms with Crippen LogP contribution in [-0.4, -0.2) is 50.7 Å². The quantitative estimate of drug-likeness (QED) is 0.239. The summed E-state index contributed by atoms with van der Waals surface area (Å²) in [6.07, 6.45) is 5.17. The molecule has 3 rings (SSSR count). The molecule has 1 aromatic heterocycles. The Labute approximate surface area is 184 Å². The summed E-state index contributed by atoms with van der Waals surface area (Å²) in [6, 6.07) is 14.1. The molecule has 0 amide bonds. The van der Waals surface area contributed by atoms with Crippen molar-refractivity contribution in [3.8, 4) is 5.75 Å². The molecule has 1 fully saturated rings. The van der Waals surface area contributed by atoms with Gasteiger partial charge in [0.1, 0.15) is 11.5 Å². The predicted octanol–water partition coefficient (Wildman–Crippen LogP) is 3.67. The first-order valence-corrected chi connectivity index (χ1v) is 9.76. The third-order valence-electron chi connectivity index (χ3n) is 4.76. The zero-order valence-corrected chi connectivity index (χ0v) is 18.8. The smallest absolute Gasteiger partial charge is 0.191 e. The van der Waals surface area contributed by atoms with E-state index < -0.39 is 0 Å². The largest absolute Gasteiger partial charge is 0.494 e. The fourth-order valence-electron chi connectivity index (χ4n) is 3.34. The van der Waals surface area contributed by atoms with E-state index in [9.17, 15) is 0 Å². The lowest BCUT2D eigenvalue weighted by molar-refractivity contribution is 0.215. The summed E-state index contributed by atoms with van der Waals surface area (Å²) < 4.78 is 11.4. The number of hydrogen-bond donors (Lipinski definition) is 2. The van der Waals surface area contributed by atoms with Crippen molar-refractivity contribution in [3.63, 3.8) is 0 Å². The van der Waals surface area contributed by atoms with Crippen LogP contribution in [0.2, 0.25) is 0 Å². The van der Waals surface area contributed by atoms with Crippen LogP contribution in [0.1, 0.15) is 31.1 Å². The molecule has 0 spiro atoms. The molecule has 1 aromatic carbocycles. The summed E-state index contributed by atoms with van der Waals surface area (Å²) in [5, 5.41) is 6.80. The highest BCUT2D eigenvalue weighted by atomic mass is 127. The zero-order chi connectivity index (χ0) is 18.7. The van der Waals surface area contributed by atoms with Crippen LogP contribution in [0.5, 0.6) is 5.75 Å². The molecule has 7 heteroatoms. The van der Waals surface area contributed by atoms with Crippen LogP contribution in [-0.2, 0) is 0 Å². The number of nitrogens with one attached hydrogen (secondary N) is 2. The summed E-state index contributed by atoms with van der Waals surface area (Å²) in [5.41, 5.74) is 0. The molecule has 1 aliphatic rings. The molecule has 6 nitrogen and oxygen atoms in total. The predicted molar refractivity (Wildman–Crippen MR) is 124 cm³/mol. The molecule has 1 unspecified atom stereocenters. The van der Waals surface area contributed by atoms with Crippen molar-refractivity contribution in [2.75, 3.05) is 39.8 Å². The van der Waals surface area contributed by atoms with Crippen LogP contribution in [0, 0.1) is 0 Å². The average Bonchev–Trinajstić information content (AvgIpc) is 3.42. The monoisotopic (exact) mass is 498 g/mol. The number of ether oxygens (including phenoxy) is 1. The number of guanidine groups is 1. The van der Waals surface area contributed by atoms with E-state index in [0.29, 0.717) is 6.61 Å². The Bertz CT molecular complexity index is 673. The highest BCUT2D eigenvalue weighted by Gasteiger charge is 2.25. The summed E-state index contributed by atoms with van der Waals surface area (Å²) >= 11 is 0. The number of likely N-dealkylation sites (tertiary alicyclic amines) is 1. The lowest BCUT2D eigenvalue weighted by atomic mass is 10.2. The Hall–Kier alpha value is -1.74. The van der Waals surface area contributed by atoms with Gasteiger partial charge in [0.15, 0.2) is 5.96 Å². The number of halogens is 1. The topological polar surface area (TPSA) is 62.0 Å². The minimum atomic E-state index is 0. The molecule has 0 radical (unpaired) electrons. The summed E-state index contributed by atoms with van der Waals surface area (Å²) in [4.78, 5) is 6.81. The van der Waals surface area contributed by atoms with Gasteiger partial charge in [-0.05, 0) is 56.6 Å². The SMILES string of the molecule is CN=C(NCCCOc1ccccc1)NCC(c1ccco1)N1CCCC1.I. The van der Waals surface area contributed by atoms with Crippen LogP contribution < -0.4 is 15.4 Å². The molecular formula is C21H31IN4O2. The molecule has 0 bridgehead atoms. The van der Waals surface area contributed by atoms with Crippen molar-refractivity contribution in [1.82, 2.24) is 15.5 Å². The number of hydrogen-bond acceptors (Lipinski definition) is 4. The van der Waals surface area contributed by atoms with Gasteiger partial charge in [0.05, 0.1) is 18.9 Å². The van der Waals surface area contributed by atoms with Gasteiger partial charge in [-0.2, -0.15) is 0 Å². The number of furan rings is 1. The van der Waals surface area contributed by atoms with Crippen molar-refractivity contribution >= 4 is 29.9 Å². The minimum absolute atomic E-state index is 0. The third kappa shape index (κ3) is 7.01. The Balaban J connectivity index is 0.00000280. The van der Waals surface area contributed by atoms with Crippen molar-refractivity contribution < 1.29 is 9.15 Å². The number of para-hydroxylation sites is 1. The van der Waals surface area contributed by atoms with Gasteiger partial charge in [-0.25, -0.2) is 0 Å². The van der Waals surface area contributed by atoms with Gasteiger partial charge < -0.3 is 19.8 Å². The van der Waals surface area contributed by atoms with Gasteiger partial charge in [-0.15, -0.1) is 24.0 Å². The summed E-state index contributed by atoms with van der Waals surface area (Å²) in [5.74, 6) is 2.73. The fourth-order valence-corrected chi connectivity index (χ4v) is 3.34. The first-order chi connectivity index (χ1) is 13.4. The van der Waals surface area contributed by atoms with E-state index in [1.807, 2.05) is 36.4 Å². The number of rotatable bonds is 9. The van der Waals surface area contributed by atoms with Crippen LogP contribution in [0.15, 0.2) is 58.1 Å². The summed E-state index contributed by atoms with van der Waals surface area (Å²) in [7, 11) is 1.80. The molecule has 0 aliphatic carbocycles. The lowest BCUT2D eigenvalue weighted by Gasteiger charge is -2.26. The molecule has 28 heavy (non-hydrogen) atoms. The molecule has 0 saturated carbocycles. The number of benzene rings is 1. The molecule has 1 saturated heterocycles. The molecule has 2 aromatic rings. The van der Waals surface area contributed by atoms with Crippen molar-refractivity contribution in [2.45, 2.75) is 25.3 Å². The lowest BCUT2D eigenvalue weighted by Crippen LogP contribution is -2.43. The number of aliphatic imine (C=N–C) groups is 1. The van der Waals surface area contributed by atoms with E-state index in [4.69, 9.17) is 9.15 Å². The molecule has 1 aliphatic heterocycles. The van der Waals surface area contributed by atoms with E-state index in [2.05, 4.69) is 26.6 Å². The second-order valence-electron chi connectivity index (χ2n) is 6.67. The van der Waals surface area contributed by atoms with Gasteiger partial charge in [-0.3, -0.25) is 9.89 Å². The van der Waals surface area contributed by atoms with Crippen LogP contribution in [0.4, 0.5) is 0 Å². The minimum Gasteiger partial charge on any atom is -0.494 e. The highest BCUT2D eigenvalue weighted by Crippen LogP contribution is 2.24. The first kappa shape index (κ1) is 22.5. The second-order valence-corrected chi connectivity index (χ2v) is 6.67. The van der Waals surface area contributed by atoms with Gasteiger partial charge in [0.25, 0.3) is 0 Å². The standard InChI is InChI=1S/C21H30N4O2.HI/c1-22-21(23-12-8-16-26-18-9-3-2-4-10-18)24-17-19(20-11-7-15-27-20)25-13-5-6-14-25;/h2-4,7,9-11,15,19H,5-6,8,12-14,16-17H2,1H3,(H2,22,23,24);1H. The maximum atomic E-state index is 5.72. The Morgan fingerprint density at radius 2 is 1.93 bits per heavy atom. The summed E-state index contributed by atoms with van der Waals surface area (Å²) in [6.45, 7) is 4.50. The van der Waals surface area contributed by atoms with Gasteiger partial charge in [0, 0.05) is 20.1 Å². The van der Waals surface area contributed by atoms with Gasteiger partial charge in [0.2, 0.25) is 0 Å². The third-order valence-corrected chi connectivity index (χ3v) is 4.76. The van der Waals surface area contributed by atoms with E-state index >= 15 is 0 Å². The zero-order valence-electron chi connectivity index (χ0n) is 16.5. The maximum absolute atomic E-state index is 5.72. The average molecular weight is 498 g/mol. The van der Waals surface area contributed by atoms with Gasteiger partial charge >= 0.3 is 0 Å². The van der Waals surface area contributed by atoms with Crippen molar-refractivity contribution in [2.24, 2.45) is 4.99 Å². The highest BCUT2D eigenvalue weighted by molar-refractivity contribution is 14.0. The fraction of sp³-hybridized carbons (Fsp3) is 0.476. The van der Waals surface area contributed by atoms with E-state index in [1.54, 1.807) is 13.3 Å². The molecular weight excluding hydrogens is 467 g/mol.